The van der Waals surface area contributed by atoms with Gasteiger partial charge < -0.3 is 20.8 Å². The Morgan fingerprint density at radius 3 is 2.42 bits per heavy atom. The molecule has 0 heterocycles. The van der Waals surface area contributed by atoms with Crippen molar-refractivity contribution in [3.63, 3.8) is 0 Å². The van der Waals surface area contributed by atoms with Crippen molar-refractivity contribution in [1.82, 2.24) is 0 Å². The van der Waals surface area contributed by atoms with Crippen LogP contribution >= 0.6 is 0 Å². The molecule has 1 rings (SSSR count). The molecule has 0 aliphatic carbocycles. The molecule has 0 amide bonds. The van der Waals surface area contributed by atoms with Gasteiger partial charge in [0.05, 0.1) is 6.61 Å². The first-order valence-electron chi connectivity index (χ1n) is 6.42. The van der Waals surface area contributed by atoms with Crippen LogP contribution in [0.1, 0.15) is 18.1 Å². The van der Waals surface area contributed by atoms with Gasteiger partial charge in [0.15, 0.2) is 0 Å². The molecule has 0 fully saturated rings. The fourth-order valence-electron chi connectivity index (χ4n) is 1.68. The third kappa shape index (κ3) is 5.72. The summed E-state index contributed by atoms with van der Waals surface area (Å²) in [5.74, 6) is 0.496. The van der Waals surface area contributed by atoms with E-state index in [9.17, 15) is 0 Å². The number of benzene rings is 1. The van der Waals surface area contributed by atoms with Gasteiger partial charge in [0.2, 0.25) is 0 Å². The lowest BCUT2D eigenvalue weighted by molar-refractivity contribution is 0.0973. The standard InChI is InChI=1S/C14H22N2O3/c1-11(14(15)16-19-9-8-18)10-13-4-2-12(3-5-13)6-7-17/h2-5,11,17-18H,6-10H2,1H3,(H2,15,16)/t11-/m0/s1. The zero-order valence-corrected chi connectivity index (χ0v) is 11.2. The third-order valence-electron chi connectivity index (χ3n) is 2.82. The van der Waals surface area contributed by atoms with E-state index in [0.717, 1.165) is 17.5 Å². The Kier molecular flexibility index (Phi) is 6.92. The molecule has 0 radical (unpaired) electrons. The number of nitrogens with zero attached hydrogens (tertiary/aromatic N) is 1. The number of amidine groups is 1. The Hall–Kier alpha value is -1.59. The van der Waals surface area contributed by atoms with E-state index in [1.165, 1.54) is 0 Å². The Morgan fingerprint density at radius 1 is 1.21 bits per heavy atom. The van der Waals surface area contributed by atoms with Gasteiger partial charge in [-0.3, -0.25) is 0 Å². The monoisotopic (exact) mass is 266 g/mol. The van der Waals surface area contributed by atoms with E-state index in [4.69, 9.17) is 20.8 Å². The van der Waals surface area contributed by atoms with Crippen molar-refractivity contribution in [3.8, 4) is 0 Å². The SMILES string of the molecule is C[C@@H](Cc1ccc(CCO)cc1)/C(N)=N/OCCO. The summed E-state index contributed by atoms with van der Waals surface area (Å²) in [5.41, 5.74) is 8.07. The van der Waals surface area contributed by atoms with E-state index in [0.29, 0.717) is 12.3 Å². The molecule has 106 valence electrons. The molecule has 1 aromatic rings. The summed E-state index contributed by atoms with van der Waals surface area (Å²) in [5, 5.41) is 21.2. The van der Waals surface area contributed by atoms with Gasteiger partial charge in [-0.15, -0.1) is 0 Å². The highest BCUT2D eigenvalue weighted by Gasteiger charge is 2.09. The van der Waals surface area contributed by atoms with Gasteiger partial charge in [-0.25, -0.2) is 0 Å². The molecule has 0 saturated heterocycles. The average molecular weight is 266 g/mol. The lowest BCUT2D eigenvalue weighted by atomic mass is 9.99. The number of hydrogen-bond acceptors (Lipinski definition) is 4. The molecule has 0 aliphatic heterocycles. The van der Waals surface area contributed by atoms with Crippen molar-refractivity contribution in [2.75, 3.05) is 19.8 Å². The Morgan fingerprint density at radius 2 is 1.84 bits per heavy atom. The van der Waals surface area contributed by atoms with Crippen LogP contribution in [0.4, 0.5) is 0 Å². The van der Waals surface area contributed by atoms with Gasteiger partial charge in [-0.1, -0.05) is 36.3 Å². The fourth-order valence-corrected chi connectivity index (χ4v) is 1.68. The molecule has 0 aliphatic rings. The molecular formula is C14H22N2O3. The molecule has 5 nitrogen and oxygen atoms in total. The van der Waals surface area contributed by atoms with Crippen molar-refractivity contribution >= 4 is 5.84 Å². The van der Waals surface area contributed by atoms with E-state index in [1.54, 1.807) is 0 Å². The van der Waals surface area contributed by atoms with Gasteiger partial charge in [0.1, 0.15) is 12.4 Å². The average Bonchev–Trinajstić information content (AvgIpc) is 2.41. The molecule has 0 saturated carbocycles. The topological polar surface area (TPSA) is 88.1 Å². The predicted octanol–water partition coefficient (Wildman–Crippen LogP) is 0.681. The molecule has 19 heavy (non-hydrogen) atoms. The predicted molar refractivity (Wildman–Crippen MR) is 74.8 cm³/mol. The van der Waals surface area contributed by atoms with Gasteiger partial charge in [-0.05, 0) is 24.0 Å². The molecule has 1 atom stereocenters. The lowest BCUT2D eigenvalue weighted by Crippen LogP contribution is -2.23. The first-order chi connectivity index (χ1) is 9.17. The maximum absolute atomic E-state index is 8.85. The second kappa shape index (κ2) is 8.50. The molecule has 4 N–H and O–H groups in total. The first-order valence-corrected chi connectivity index (χ1v) is 6.42. The summed E-state index contributed by atoms with van der Waals surface area (Å²) in [7, 11) is 0. The quantitative estimate of drug-likeness (QED) is 0.279. The zero-order valence-electron chi connectivity index (χ0n) is 11.2. The maximum Gasteiger partial charge on any atom is 0.142 e. The number of aliphatic hydroxyl groups excluding tert-OH is 2. The number of nitrogens with two attached hydrogens (primary N) is 1. The molecule has 5 heteroatoms. The van der Waals surface area contributed by atoms with Crippen molar-refractivity contribution in [1.29, 1.82) is 0 Å². The minimum atomic E-state index is -0.0719. The third-order valence-corrected chi connectivity index (χ3v) is 2.82. The minimum absolute atomic E-state index is 0.0717. The second-order valence-electron chi connectivity index (χ2n) is 4.47. The number of hydrogen-bond donors (Lipinski definition) is 3. The summed E-state index contributed by atoms with van der Waals surface area (Å²) in [6, 6.07) is 8.08. The minimum Gasteiger partial charge on any atom is -0.396 e. The molecule has 0 spiro atoms. The van der Waals surface area contributed by atoms with Gasteiger partial charge in [0, 0.05) is 12.5 Å². The molecule has 0 aromatic heterocycles. The van der Waals surface area contributed by atoms with Crippen molar-refractivity contribution < 1.29 is 15.1 Å². The Balaban J connectivity index is 2.51. The number of oxime groups is 1. The highest BCUT2D eigenvalue weighted by atomic mass is 16.6. The van der Waals surface area contributed by atoms with Crippen LogP contribution < -0.4 is 5.73 Å². The number of rotatable bonds is 8. The van der Waals surface area contributed by atoms with Crippen LogP contribution in [0.2, 0.25) is 0 Å². The van der Waals surface area contributed by atoms with Crippen LogP contribution in [0.5, 0.6) is 0 Å². The molecule has 0 bridgehead atoms. The number of aliphatic hydroxyl groups is 2. The van der Waals surface area contributed by atoms with Crippen LogP contribution in [0, 0.1) is 5.92 Å². The van der Waals surface area contributed by atoms with E-state index < -0.39 is 0 Å². The summed E-state index contributed by atoms with van der Waals surface area (Å²) >= 11 is 0. The Labute approximate surface area is 113 Å². The van der Waals surface area contributed by atoms with Crippen LogP contribution in [-0.4, -0.2) is 35.9 Å². The fraction of sp³-hybridized carbons (Fsp3) is 0.500. The van der Waals surface area contributed by atoms with Gasteiger partial charge in [0.25, 0.3) is 0 Å². The van der Waals surface area contributed by atoms with E-state index in [-0.39, 0.29) is 25.7 Å². The van der Waals surface area contributed by atoms with Crippen molar-refractivity contribution in [2.45, 2.75) is 19.8 Å². The summed E-state index contributed by atoms with van der Waals surface area (Å²) in [6.07, 6.45) is 1.45. The van der Waals surface area contributed by atoms with Crippen LogP contribution in [0.15, 0.2) is 29.4 Å². The largest absolute Gasteiger partial charge is 0.396 e. The van der Waals surface area contributed by atoms with E-state index in [1.807, 2.05) is 31.2 Å². The first kappa shape index (κ1) is 15.5. The van der Waals surface area contributed by atoms with E-state index in [2.05, 4.69) is 5.16 Å². The molecule has 0 unspecified atom stereocenters. The molecule has 1 aromatic carbocycles. The maximum atomic E-state index is 8.85. The summed E-state index contributed by atoms with van der Waals surface area (Å²) in [4.78, 5) is 4.84. The zero-order chi connectivity index (χ0) is 14.1. The van der Waals surface area contributed by atoms with Gasteiger partial charge >= 0.3 is 0 Å². The van der Waals surface area contributed by atoms with E-state index >= 15 is 0 Å². The highest BCUT2D eigenvalue weighted by Crippen LogP contribution is 2.11. The normalized spacial score (nSPS) is 13.3. The molecular weight excluding hydrogens is 244 g/mol. The van der Waals surface area contributed by atoms with Crippen LogP contribution in [0.25, 0.3) is 0 Å². The highest BCUT2D eigenvalue weighted by molar-refractivity contribution is 5.82. The summed E-state index contributed by atoms with van der Waals surface area (Å²) < 4.78 is 0. The van der Waals surface area contributed by atoms with Crippen molar-refractivity contribution in [2.24, 2.45) is 16.8 Å². The lowest BCUT2D eigenvalue weighted by Gasteiger charge is -2.11. The van der Waals surface area contributed by atoms with Gasteiger partial charge in [-0.2, -0.15) is 0 Å². The van der Waals surface area contributed by atoms with Crippen molar-refractivity contribution in [3.05, 3.63) is 35.4 Å². The van der Waals surface area contributed by atoms with Crippen LogP contribution in [-0.2, 0) is 17.7 Å². The Bertz CT molecular complexity index is 390. The second-order valence-corrected chi connectivity index (χ2v) is 4.47. The smallest absolute Gasteiger partial charge is 0.142 e. The summed E-state index contributed by atoms with van der Waals surface area (Å²) in [6.45, 7) is 2.22. The van der Waals surface area contributed by atoms with Crippen LogP contribution in [0.3, 0.4) is 0 Å².